The van der Waals surface area contributed by atoms with E-state index < -0.39 is 0 Å². The normalized spacial score (nSPS) is 10.1. The number of aromatic nitrogens is 1. The van der Waals surface area contributed by atoms with Crippen LogP contribution in [0.15, 0.2) is 18.3 Å². The van der Waals surface area contributed by atoms with Crippen LogP contribution in [0.1, 0.15) is 17.7 Å². The Labute approximate surface area is 83.5 Å². The summed E-state index contributed by atoms with van der Waals surface area (Å²) < 4.78 is 0. The first-order valence-corrected chi connectivity index (χ1v) is 4.59. The van der Waals surface area contributed by atoms with E-state index in [9.17, 15) is 4.79 Å². The van der Waals surface area contributed by atoms with Crippen LogP contribution in [0.4, 0.5) is 0 Å². The van der Waals surface area contributed by atoms with Gasteiger partial charge < -0.3 is 11.1 Å². The first-order valence-electron chi connectivity index (χ1n) is 4.59. The van der Waals surface area contributed by atoms with Gasteiger partial charge in [0.15, 0.2) is 0 Å². The van der Waals surface area contributed by atoms with Gasteiger partial charge in [0.05, 0.1) is 5.69 Å². The Morgan fingerprint density at radius 2 is 2.36 bits per heavy atom. The van der Waals surface area contributed by atoms with Gasteiger partial charge >= 0.3 is 0 Å². The molecule has 0 aliphatic heterocycles. The summed E-state index contributed by atoms with van der Waals surface area (Å²) >= 11 is 0. The zero-order valence-electron chi connectivity index (χ0n) is 8.29. The summed E-state index contributed by atoms with van der Waals surface area (Å²) in [6, 6.07) is 3.98. The van der Waals surface area contributed by atoms with E-state index >= 15 is 0 Å². The number of pyridine rings is 1. The Kier molecular flexibility index (Phi) is 4.07. The molecule has 1 aromatic rings. The smallest absolute Gasteiger partial charge is 0.218 e. The van der Waals surface area contributed by atoms with Crippen molar-refractivity contribution in [3.05, 3.63) is 29.6 Å². The second-order valence-corrected chi connectivity index (χ2v) is 3.22. The fraction of sp³-hybridized carbons (Fsp3) is 0.400. The highest BCUT2D eigenvalue weighted by Crippen LogP contribution is 1.97. The molecule has 0 saturated carbocycles. The van der Waals surface area contributed by atoms with E-state index in [4.69, 9.17) is 5.73 Å². The highest BCUT2D eigenvalue weighted by Gasteiger charge is 1.95. The van der Waals surface area contributed by atoms with Gasteiger partial charge in [-0.15, -0.1) is 0 Å². The van der Waals surface area contributed by atoms with Crippen molar-refractivity contribution in [2.75, 3.05) is 6.54 Å². The molecular weight excluding hydrogens is 178 g/mol. The average molecular weight is 193 g/mol. The van der Waals surface area contributed by atoms with E-state index in [2.05, 4.69) is 10.3 Å². The van der Waals surface area contributed by atoms with Crippen LogP contribution < -0.4 is 11.1 Å². The SMILES string of the molecule is Cc1ccc(CNCCC(N)=O)nc1. The fourth-order valence-electron chi connectivity index (χ4n) is 1.03. The van der Waals surface area contributed by atoms with E-state index in [1.54, 1.807) is 0 Å². The lowest BCUT2D eigenvalue weighted by atomic mass is 10.3. The molecule has 14 heavy (non-hydrogen) atoms. The van der Waals surface area contributed by atoms with Gasteiger partial charge in [-0.25, -0.2) is 0 Å². The number of nitrogens with one attached hydrogen (secondary N) is 1. The van der Waals surface area contributed by atoms with E-state index in [-0.39, 0.29) is 5.91 Å². The molecule has 0 aliphatic rings. The summed E-state index contributed by atoms with van der Waals surface area (Å²) in [5, 5.41) is 3.09. The van der Waals surface area contributed by atoms with Gasteiger partial charge in [-0.05, 0) is 18.6 Å². The minimum absolute atomic E-state index is 0.283. The van der Waals surface area contributed by atoms with Crippen molar-refractivity contribution in [3.8, 4) is 0 Å². The molecule has 1 aromatic heterocycles. The molecule has 0 saturated heterocycles. The van der Waals surface area contributed by atoms with Gasteiger partial charge in [0.1, 0.15) is 0 Å². The lowest BCUT2D eigenvalue weighted by Gasteiger charge is -2.02. The highest BCUT2D eigenvalue weighted by molar-refractivity contribution is 5.73. The molecule has 1 rings (SSSR count). The number of nitrogens with zero attached hydrogens (tertiary/aromatic N) is 1. The topological polar surface area (TPSA) is 68.0 Å². The Bertz CT molecular complexity index is 295. The third-order valence-corrected chi connectivity index (χ3v) is 1.83. The third kappa shape index (κ3) is 4.00. The highest BCUT2D eigenvalue weighted by atomic mass is 16.1. The van der Waals surface area contributed by atoms with E-state index in [0.29, 0.717) is 19.5 Å². The lowest BCUT2D eigenvalue weighted by molar-refractivity contribution is -0.117. The van der Waals surface area contributed by atoms with E-state index in [1.807, 2.05) is 25.3 Å². The van der Waals surface area contributed by atoms with Crippen LogP contribution >= 0.6 is 0 Å². The minimum atomic E-state index is -0.283. The maximum Gasteiger partial charge on any atom is 0.218 e. The van der Waals surface area contributed by atoms with Crippen LogP contribution in [0.3, 0.4) is 0 Å². The lowest BCUT2D eigenvalue weighted by Crippen LogP contribution is -2.21. The Hall–Kier alpha value is -1.42. The van der Waals surface area contributed by atoms with Crippen molar-refractivity contribution in [1.29, 1.82) is 0 Å². The van der Waals surface area contributed by atoms with Crippen molar-refractivity contribution in [2.45, 2.75) is 19.9 Å². The molecule has 3 N–H and O–H groups in total. The monoisotopic (exact) mass is 193 g/mol. The molecule has 0 aromatic carbocycles. The molecule has 1 amide bonds. The number of primary amides is 1. The van der Waals surface area contributed by atoms with Crippen molar-refractivity contribution < 1.29 is 4.79 Å². The van der Waals surface area contributed by atoms with Gasteiger partial charge in [0.25, 0.3) is 0 Å². The molecule has 0 fully saturated rings. The van der Waals surface area contributed by atoms with Crippen molar-refractivity contribution in [1.82, 2.24) is 10.3 Å². The van der Waals surface area contributed by atoms with Gasteiger partial charge in [0.2, 0.25) is 5.91 Å². The molecule has 0 aliphatic carbocycles. The predicted octanol–water partition coefficient (Wildman–Crippen LogP) is 0.355. The Morgan fingerprint density at radius 3 is 2.93 bits per heavy atom. The summed E-state index contributed by atoms with van der Waals surface area (Å²) in [4.78, 5) is 14.6. The van der Waals surface area contributed by atoms with Crippen LogP contribution in [0.2, 0.25) is 0 Å². The summed E-state index contributed by atoms with van der Waals surface area (Å²) in [5.74, 6) is -0.283. The summed E-state index contributed by atoms with van der Waals surface area (Å²) in [6.45, 7) is 3.27. The third-order valence-electron chi connectivity index (χ3n) is 1.83. The number of hydrogen-bond donors (Lipinski definition) is 2. The molecule has 0 unspecified atom stereocenters. The molecule has 1 heterocycles. The quantitative estimate of drug-likeness (QED) is 0.663. The molecule has 76 valence electrons. The number of aryl methyl sites for hydroxylation is 1. The van der Waals surface area contributed by atoms with Crippen molar-refractivity contribution in [3.63, 3.8) is 0 Å². The summed E-state index contributed by atoms with van der Waals surface area (Å²) in [6.07, 6.45) is 2.19. The van der Waals surface area contributed by atoms with Crippen molar-refractivity contribution >= 4 is 5.91 Å². The van der Waals surface area contributed by atoms with Crippen LogP contribution in [-0.2, 0) is 11.3 Å². The number of carbonyl (C=O) groups is 1. The van der Waals surface area contributed by atoms with Gasteiger partial charge in [-0.1, -0.05) is 6.07 Å². The molecule has 0 bridgehead atoms. The van der Waals surface area contributed by atoms with Crippen molar-refractivity contribution in [2.24, 2.45) is 5.73 Å². The summed E-state index contributed by atoms with van der Waals surface area (Å²) in [5.41, 5.74) is 7.11. The van der Waals surface area contributed by atoms with Gasteiger partial charge in [-0.2, -0.15) is 0 Å². The predicted molar refractivity (Wildman–Crippen MR) is 54.5 cm³/mol. The zero-order valence-corrected chi connectivity index (χ0v) is 8.29. The zero-order chi connectivity index (χ0) is 10.4. The number of rotatable bonds is 5. The average Bonchev–Trinajstić information content (AvgIpc) is 2.15. The number of hydrogen-bond acceptors (Lipinski definition) is 3. The molecule has 4 nitrogen and oxygen atoms in total. The fourth-order valence-corrected chi connectivity index (χ4v) is 1.03. The number of nitrogens with two attached hydrogens (primary N) is 1. The molecule has 0 spiro atoms. The van der Waals surface area contributed by atoms with Crippen LogP contribution in [0.5, 0.6) is 0 Å². The van der Waals surface area contributed by atoms with Gasteiger partial charge in [0, 0.05) is 25.7 Å². The minimum Gasteiger partial charge on any atom is -0.370 e. The molecule has 0 atom stereocenters. The van der Waals surface area contributed by atoms with E-state index in [0.717, 1.165) is 11.3 Å². The largest absolute Gasteiger partial charge is 0.370 e. The number of carbonyl (C=O) groups excluding carboxylic acids is 1. The van der Waals surface area contributed by atoms with Gasteiger partial charge in [-0.3, -0.25) is 9.78 Å². The maximum absolute atomic E-state index is 10.4. The second-order valence-electron chi connectivity index (χ2n) is 3.22. The Morgan fingerprint density at radius 1 is 1.57 bits per heavy atom. The second kappa shape index (κ2) is 5.34. The molecule has 4 heteroatoms. The summed E-state index contributed by atoms with van der Waals surface area (Å²) in [7, 11) is 0. The van der Waals surface area contributed by atoms with Crippen LogP contribution in [-0.4, -0.2) is 17.4 Å². The Balaban J connectivity index is 2.25. The maximum atomic E-state index is 10.4. The van der Waals surface area contributed by atoms with Crippen LogP contribution in [0.25, 0.3) is 0 Å². The van der Waals surface area contributed by atoms with E-state index in [1.165, 1.54) is 0 Å². The molecule has 0 radical (unpaired) electrons. The number of amides is 1. The van der Waals surface area contributed by atoms with Crippen LogP contribution in [0, 0.1) is 6.92 Å². The first kappa shape index (κ1) is 10.7. The molecular formula is C10H15N3O. The standard InChI is InChI=1S/C10H15N3O/c1-8-2-3-9(13-6-8)7-12-5-4-10(11)14/h2-3,6,12H,4-5,7H2,1H3,(H2,11,14). The first-order chi connectivity index (χ1) is 6.68.